The molecule has 4 aromatic carbocycles. The molecule has 0 saturated heterocycles. The monoisotopic (exact) mass is 449 g/mol. The number of amides is 1. The number of nitrogens with one attached hydrogen (secondary N) is 1. The molecule has 7 heteroatoms. The number of carbonyl (C=O) groups excluding carboxylic acids is 1. The van der Waals surface area contributed by atoms with Gasteiger partial charge in [0.1, 0.15) is 24.0 Å². The molecule has 1 amide bonds. The van der Waals surface area contributed by atoms with Crippen LogP contribution in [0.2, 0.25) is 0 Å². The Bertz CT molecular complexity index is 1440. The van der Waals surface area contributed by atoms with Crippen molar-refractivity contribution >= 4 is 34.1 Å². The van der Waals surface area contributed by atoms with Crippen LogP contribution in [0.5, 0.6) is 5.75 Å². The second-order valence-corrected chi connectivity index (χ2v) is 7.40. The summed E-state index contributed by atoms with van der Waals surface area (Å²) in [4.78, 5) is 23.4. The van der Waals surface area contributed by atoms with Crippen molar-refractivity contribution in [2.45, 2.75) is 6.61 Å². The average molecular weight is 449 g/mol. The fourth-order valence-corrected chi connectivity index (χ4v) is 3.48. The van der Waals surface area contributed by atoms with E-state index >= 15 is 0 Å². The van der Waals surface area contributed by atoms with Crippen LogP contribution in [0.15, 0.2) is 96.6 Å². The highest BCUT2D eigenvalue weighted by Gasteiger charge is 2.14. The Morgan fingerprint density at radius 1 is 1.00 bits per heavy atom. The highest BCUT2D eigenvalue weighted by molar-refractivity contribution is 6.11. The molecule has 166 valence electrons. The van der Waals surface area contributed by atoms with Gasteiger partial charge < -0.3 is 10.1 Å². The Labute approximate surface area is 195 Å². The quantitative estimate of drug-likeness (QED) is 0.164. The molecule has 0 atom stereocenters. The lowest BCUT2D eigenvalue weighted by Gasteiger charge is -2.13. The maximum atomic E-state index is 12.8. The first-order valence-corrected chi connectivity index (χ1v) is 10.4. The number of fused-ring (bicyclic) bond motifs is 1. The van der Waals surface area contributed by atoms with E-state index < -0.39 is 10.8 Å². The van der Waals surface area contributed by atoms with Gasteiger partial charge in [-0.15, -0.1) is 0 Å². The maximum absolute atomic E-state index is 12.8. The summed E-state index contributed by atoms with van der Waals surface area (Å²) >= 11 is 0. The summed E-state index contributed by atoms with van der Waals surface area (Å²) in [5.41, 5.74) is 1.67. The molecular formula is C27H19N3O4. The van der Waals surface area contributed by atoms with E-state index in [1.807, 2.05) is 42.5 Å². The van der Waals surface area contributed by atoms with Crippen LogP contribution < -0.4 is 10.1 Å². The normalized spacial score (nSPS) is 11.0. The van der Waals surface area contributed by atoms with Crippen LogP contribution in [0.3, 0.4) is 0 Å². The van der Waals surface area contributed by atoms with Crippen molar-refractivity contribution in [2.24, 2.45) is 0 Å². The molecule has 7 nitrogen and oxygen atoms in total. The first-order chi connectivity index (χ1) is 16.5. The number of carbonyl (C=O) groups is 1. The van der Waals surface area contributed by atoms with Crippen LogP contribution >= 0.6 is 0 Å². The number of non-ortho nitro benzene ring substituents is 1. The Morgan fingerprint density at radius 2 is 1.76 bits per heavy atom. The van der Waals surface area contributed by atoms with Gasteiger partial charge in [-0.1, -0.05) is 60.7 Å². The number of nitro benzene ring substituents is 1. The number of rotatable bonds is 7. The van der Waals surface area contributed by atoms with E-state index in [4.69, 9.17) is 4.74 Å². The number of hydrogen-bond acceptors (Lipinski definition) is 5. The Morgan fingerprint density at radius 3 is 2.53 bits per heavy atom. The van der Waals surface area contributed by atoms with Gasteiger partial charge in [0.2, 0.25) is 0 Å². The third-order valence-corrected chi connectivity index (χ3v) is 5.13. The molecule has 0 aliphatic heterocycles. The molecule has 34 heavy (non-hydrogen) atoms. The molecule has 0 aromatic heterocycles. The van der Waals surface area contributed by atoms with E-state index in [2.05, 4.69) is 5.32 Å². The number of hydrogen-bond donors (Lipinski definition) is 1. The van der Waals surface area contributed by atoms with Crippen molar-refractivity contribution < 1.29 is 14.5 Å². The molecule has 4 aromatic rings. The van der Waals surface area contributed by atoms with E-state index in [0.29, 0.717) is 22.6 Å². The Kier molecular flexibility index (Phi) is 6.61. The van der Waals surface area contributed by atoms with Gasteiger partial charge >= 0.3 is 0 Å². The lowest BCUT2D eigenvalue weighted by atomic mass is 10.0. The van der Waals surface area contributed by atoms with Crippen molar-refractivity contribution in [3.63, 3.8) is 0 Å². The minimum Gasteiger partial charge on any atom is -0.488 e. The topological polar surface area (TPSA) is 105 Å². The summed E-state index contributed by atoms with van der Waals surface area (Å²) in [5, 5.41) is 25.2. The third kappa shape index (κ3) is 5.09. The lowest BCUT2D eigenvalue weighted by Crippen LogP contribution is -2.13. The largest absolute Gasteiger partial charge is 0.488 e. The zero-order valence-electron chi connectivity index (χ0n) is 18.0. The molecule has 0 heterocycles. The van der Waals surface area contributed by atoms with Gasteiger partial charge in [-0.25, -0.2) is 0 Å². The summed E-state index contributed by atoms with van der Waals surface area (Å²) < 4.78 is 6.00. The Hall–Kier alpha value is -4.96. The zero-order chi connectivity index (χ0) is 23.9. The molecule has 0 radical (unpaired) electrons. The summed E-state index contributed by atoms with van der Waals surface area (Å²) in [7, 11) is 0. The number of benzene rings is 4. The number of para-hydroxylation sites is 1. The van der Waals surface area contributed by atoms with Crippen LogP contribution in [-0.2, 0) is 11.4 Å². The molecule has 0 aliphatic rings. The van der Waals surface area contributed by atoms with Gasteiger partial charge in [0.25, 0.3) is 11.6 Å². The van der Waals surface area contributed by atoms with Crippen molar-refractivity contribution in [1.29, 1.82) is 5.26 Å². The molecule has 4 rings (SSSR count). The molecule has 0 unspecified atom stereocenters. The van der Waals surface area contributed by atoms with Crippen molar-refractivity contribution in [1.82, 2.24) is 0 Å². The summed E-state index contributed by atoms with van der Waals surface area (Å²) in [6.45, 7) is 0.0823. The molecule has 0 bridgehead atoms. The average Bonchev–Trinajstić information content (AvgIpc) is 2.87. The second-order valence-electron chi connectivity index (χ2n) is 7.40. The van der Waals surface area contributed by atoms with E-state index in [-0.39, 0.29) is 17.9 Å². The number of nitrogens with zero attached hydrogens (tertiary/aromatic N) is 2. The molecular weight excluding hydrogens is 430 g/mol. The van der Waals surface area contributed by atoms with Gasteiger partial charge in [0, 0.05) is 23.4 Å². The fourth-order valence-electron chi connectivity index (χ4n) is 3.48. The Balaban J connectivity index is 1.69. The predicted octanol–water partition coefficient (Wildman–Crippen LogP) is 5.87. The van der Waals surface area contributed by atoms with Gasteiger partial charge in [-0.2, -0.15) is 5.26 Å². The van der Waals surface area contributed by atoms with Gasteiger partial charge in [-0.05, 0) is 40.6 Å². The van der Waals surface area contributed by atoms with Crippen LogP contribution in [0.25, 0.3) is 16.8 Å². The van der Waals surface area contributed by atoms with Crippen LogP contribution in [-0.4, -0.2) is 10.8 Å². The van der Waals surface area contributed by atoms with Crippen molar-refractivity contribution in [3.8, 4) is 11.8 Å². The van der Waals surface area contributed by atoms with E-state index in [0.717, 1.165) is 10.8 Å². The van der Waals surface area contributed by atoms with Crippen molar-refractivity contribution in [3.05, 3.63) is 118 Å². The van der Waals surface area contributed by atoms with Gasteiger partial charge in [-0.3, -0.25) is 14.9 Å². The predicted molar refractivity (Wildman–Crippen MR) is 130 cm³/mol. The van der Waals surface area contributed by atoms with E-state index in [9.17, 15) is 20.2 Å². The summed E-state index contributed by atoms with van der Waals surface area (Å²) in [5.74, 6) is -0.0864. The number of anilines is 1. The highest BCUT2D eigenvalue weighted by atomic mass is 16.6. The van der Waals surface area contributed by atoms with Gasteiger partial charge in [0.15, 0.2) is 0 Å². The minimum atomic E-state index is -0.536. The minimum absolute atomic E-state index is 0.0240. The fraction of sp³-hybridized carbons (Fsp3) is 0.0370. The number of ether oxygens (including phenoxy) is 1. The summed E-state index contributed by atoms with van der Waals surface area (Å²) in [6, 6.07) is 28.2. The summed E-state index contributed by atoms with van der Waals surface area (Å²) in [6.07, 6.45) is 1.50. The number of nitro groups is 1. The molecule has 1 N–H and O–H groups in total. The first kappa shape index (κ1) is 22.2. The molecule has 0 saturated carbocycles. The van der Waals surface area contributed by atoms with E-state index in [1.165, 1.54) is 18.2 Å². The highest BCUT2D eigenvalue weighted by Crippen LogP contribution is 2.31. The second kappa shape index (κ2) is 10.1. The van der Waals surface area contributed by atoms with Crippen molar-refractivity contribution in [2.75, 3.05) is 5.32 Å². The first-order valence-electron chi connectivity index (χ1n) is 10.4. The zero-order valence-corrected chi connectivity index (χ0v) is 18.0. The molecule has 0 fully saturated rings. The third-order valence-electron chi connectivity index (χ3n) is 5.13. The number of nitriles is 1. The smallest absolute Gasteiger partial charge is 0.269 e. The maximum Gasteiger partial charge on any atom is 0.269 e. The van der Waals surface area contributed by atoms with E-state index in [1.54, 1.807) is 42.5 Å². The van der Waals surface area contributed by atoms with Gasteiger partial charge in [0.05, 0.1) is 4.92 Å². The van der Waals surface area contributed by atoms with Crippen LogP contribution in [0.4, 0.5) is 11.4 Å². The lowest BCUT2D eigenvalue weighted by molar-refractivity contribution is -0.384. The van der Waals surface area contributed by atoms with Crippen LogP contribution in [0, 0.1) is 21.4 Å². The standard InChI is InChI=1S/C27H19N3O4/c28-17-21(27(31)29-22-9-2-1-3-10-22)16-25-24-12-5-4-8-20(24)13-14-26(25)34-18-19-7-6-11-23(15-19)30(32)33/h1-16H,18H2,(H,29,31)/b21-16+. The molecule has 0 spiro atoms. The molecule has 0 aliphatic carbocycles. The SMILES string of the molecule is N#C/C(=C\c1c(OCc2cccc([N+](=O)[O-])c2)ccc2ccccc12)C(=O)Nc1ccccc1. The van der Waals surface area contributed by atoms with Crippen LogP contribution in [0.1, 0.15) is 11.1 Å².